The molecule has 3 rings (SSSR count). The molecular weight excluding hydrogens is 475 g/mol. The Labute approximate surface area is 197 Å². The van der Waals surface area contributed by atoms with E-state index >= 15 is 4.39 Å². The first-order valence-electron chi connectivity index (χ1n) is 10.5. The second kappa shape index (κ2) is 9.51. The van der Waals surface area contributed by atoms with Crippen LogP contribution in [-0.2, 0) is 7.05 Å². The number of carbonyl (C=O) groups is 1. The Bertz CT molecular complexity index is 1310. The van der Waals surface area contributed by atoms with Crippen LogP contribution in [0.2, 0.25) is 0 Å². The summed E-state index contributed by atoms with van der Waals surface area (Å²) in [6, 6.07) is 5.40. The zero-order chi connectivity index (χ0) is 26.2. The van der Waals surface area contributed by atoms with E-state index in [1.165, 1.54) is 30.7 Å². The fourth-order valence-electron chi connectivity index (χ4n) is 3.32. The maximum Gasteiger partial charge on any atom is 0.425 e. The molecule has 0 saturated heterocycles. The van der Waals surface area contributed by atoms with Crippen LogP contribution < -0.4 is 15.7 Å². The highest BCUT2D eigenvalue weighted by molar-refractivity contribution is 6.06. The summed E-state index contributed by atoms with van der Waals surface area (Å²) in [5.41, 5.74) is -1.78. The van der Waals surface area contributed by atoms with Gasteiger partial charge in [0.25, 0.3) is 5.91 Å². The molecule has 3 aromatic rings. The largest absolute Gasteiger partial charge is 0.480 e. The molecule has 0 aliphatic carbocycles. The van der Waals surface area contributed by atoms with Crippen LogP contribution in [0.1, 0.15) is 48.4 Å². The van der Waals surface area contributed by atoms with Crippen LogP contribution >= 0.6 is 0 Å². The van der Waals surface area contributed by atoms with Gasteiger partial charge < -0.3 is 10.1 Å². The fraction of sp³-hybridized carbons (Fsp3) is 0.348. The minimum atomic E-state index is -4.81. The third-order valence-electron chi connectivity index (χ3n) is 5.28. The van der Waals surface area contributed by atoms with Gasteiger partial charge in [-0.2, -0.15) is 17.9 Å². The smallest absolute Gasteiger partial charge is 0.425 e. The fourth-order valence-corrected chi connectivity index (χ4v) is 3.32. The number of alkyl halides is 3. The number of carbonyl (C=O) groups excluding carboxylic acids is 1. The van der Waals surface area contributed by atoms with Crippen molar-refractivity contribution in [3.8, 4) is 11.4 Å². The lowest BCUT2D eigenvalue weighted by molar-refractivity contribution is -0.189. The van der Waals surface area contributed by atoms with Gasteiger partial charge in [-0.05, 0) is 31.5 Å². The van der Waals surface area contributed by atoms with Gasteiger partial charge in [0.2, 0.25) is 0 Å². The molecule has 1 atom stereocenters. The Morgan fingerprint density at radius 2 is 1.77 bits per heavy atom. The predicted molar refractivity (Wildman–Crippen MR) is 118 cm³/mol. The molecule has 7 nitrogen and oxygen atoms in total. The minimum Gasteiger partial charge on any atom is -0.480 e. The zero-order valence-corrected chi connectivity index (χ0v) is 19.5. The highest BCUT2D eigenvalue weighted by Crippen LogP contribution is 2.31. The number of benzene rings is 2. The molecule has 0 aliphatic heterocycles. The SMILES string of the molecule is Cc1cccc(F)c1NC(=O)c1cc(F)c(-n2nc(C(C)C)n(C)c2=O)cc1OC(C)C(F)(F)F. The average molecular weight is 498 g/mol. The number of ether oxygens (including phenoxy) is 1. The second-order valence-corrected chi connectivity index (χ2v) is 8.25. The summed E-state index contributed by atoms with van der Waals surface area (Å²) in [6.07, 6.45) is -7.19. The number of para-hydroxylation sites is 1. The Hall–Kier alpha value is -3.70. The molecule has 12 heteroatoms. The first-order valence-corrected chi connectivity index (χ1v) is 10.5. The number of rotatable bonds is 6. The molecule has 0 saturated carbocycles. The van der Waals surface area contributed by atoms with E-state index in [-0.39, 0.29) is 11.6 Å². The van der Waals surface area contributed by atoms with Crippen molar-refractivity contribution >= 4 is 11.6 Å². The van der Waals surface area contributed by atoms with E-state index in [9.17, 15) is 27.2 Å². The number of aromatic nitrogens is 3. The summed E-state index contributed by atoms with van der Waals surface area (Å²) in [6.45, 7) is 5.71. The number of hydrogen-bond donors (Lipinski definition) is 1. The topological polar surface area (TPSA) is 78.2 Å². The van der Waals surface area contributed by atoms with Gasteiger partial charge in [0.05, 0.1) is 11.3 Å². The number of hydrogen-bond acceptors (Lipinski definition) is 4. The van der Waals surface area contributed by atoms with Crippen molar-refractivity contribution in [2.24, 2.45) is 7.05 Å². The number of nitrogens with one attached hydrogen (secondary N) is 1. The molecule has 0 bridgehead atoms. The number of nitrogens with zero attached hydrogens (tertiary/aromatic N) is 3. The molecule has 1 N–H and O–H groups in total. The zero-order valence-electron chi connectivity index (χ0n) is 19.5. The number of aryl methyl sites for hydroxylation is 1. The molecule has 1 aromatic heterocycles. The highest BCUT2D eigenvalue weighted by Gasteiger charge is 2.39. The lowest BCUT2D eigenvalue weighted by Gasteiger charge is -2.20. The quantitative estimate of drug-likeness (QED) is 0.493. The molecule has 2 aromatic carbocycles. The monoisotopic (exact) mass is 498 g/mol. The number of amides is 1. The van der Waals surface area contributed by atoms with E-state index in [2.05, 4.69) is 10.4 Å². The Balaban J connectivity index is 2.16. The normalized spacial score (nSPS) is 12.7. The Morgan fingerprint density at radius 3 is 2.31 bits per heavy atom. The summed E-state index contributed by atoms with van der Waals surface area (Å²) in [5.74, 6) is -3.60. The van der Waals surface area contributed by atoms with Crippen molar-refractivity contribution in [1.82, 2.24) is 14.3 Å². The van der Waals surface area contributed by atoms with Gasteiger partial charge >= 0.3 is 11.9 Å². The van der Waals surface area contributed by atoms with Crippen molar-refractivity contribution in [3.05, 3.63) is 69.4 Å². The van der Waals surface area contributed by atoms with Gasteiger partial charge in [0.1, 0.15) is 28.9 Å². The molecule has 0 radical (unpaired) electrons. The third kappa shape index (κ3) is 5.20. The lowest BCUT2D eigenvalue weighted by atomic mass is 10.1. The minimum absolute atomic E-state index is 0.216. The Morgan fingerprint density at radius 1 is 1.11 bits per heavy atom. The van der Waals surface area contributed by atoms with Crippen LogP contribution in [0.3, 0.4) is 0 Å². The van der Waals surface area contributed by atoms with E-state index in [1.54, 1.807) is 13.8 Å². The standard InChI is InChI=1S/C23H23F5N4O3/c1-11(2)20-30-32(22(34)31(20)5)17-10-18(35-13(4)23(26,27)28)14(9-16(17)25)21(33)29-19-12(3)7-6-8-15(19)24/h6-11,13H,1-5H3,(H,29,33). The van der Waals surface area contributed by atoms with Crippen molar-refractivity contribution in [1.29, 1.82) is 0 Å². The van der Waals surface area contributed by atoms with Gasteiger partial charge in [-0.1, -0.05) is 26.0 Å². The maximum atomic E-state index is 15.1. The van der Waals surface area contributed by atoms with Crippen molar-refractivity contribution in [2.45, 2.75) is 45.9 Å². The molecule has 0 aliphatic rings. The van der Waals surface area contributed by atoms with E-state index in [1.807, 2.05) is 0 Å². The summed E-state index contributed by atoms with van der Waals surface area (Å²) >= 11 is 0. The van der Waals surface area contributed by atoms with Crippen LogP contribution in [0.15, 0.2) is 35.1 Å². The molecule has 35 heavy (non-hydrogen) atoms. The molecule has 1 unspecified atom stereocenters. The number of halogens is 5. The van der Waals surface area contributed by atoms with E-state index < -0.39 is 52.5 Å². The first kappa shape index (κ1) is 25.9. The number of anilines is 1. The van der Waals surface area contributed by atoms with Crippen LogP contribution in [0, 0.1) is 18.6 Å². The molecular formula is C23H23F5N4O3. The summed E-state index contributed by atoms with van der Waals surface area (Å²) in [5, 5.41) is 6.32. The van der Waals surface area contributed by atoms with Gasteiger partial charge in [0, 0.05) is 19.0 Å². The summed E-state index contributed by atoms with van der Waals surface area (Å²) in [4.78, 5) is 25.5. The third-order valence-corrected chi connectivity index (χ3v) is 5.28. The molecule has 0 spiro atoms. The van der Waals surface area contributed by atoms with Crippen molar-refractivity contribution in [3.63, 3.8) is 0 Å². The lowest BCUT2D eigenvalue weighted by Crippen LogP contribution is -2.32. The second-order valence-electron chi connectivity index (χ2n) is 8.25. The summed E-state index contributed by atoms with van der Waals surface area (Å²) < 4.78 is 75.8. The first-order chi connectivity index (χ1) is 16.2. The predicted octanol–water partition coefficient (Wildman–Crippen LogP) is 4.86. The molecule has 1 amide bonds. The highest BCUT2D eigenvalue weighted by atomic mass is 19.4. The summed E-state index contributed by atoms with van der Waals surface area (Å²) in [7, 11) is 1.42. The molecule has 0 fully saturated rings. The van der Waals surface area contributed by atoms with Crippen molar-refractivity contribution < 1.29 is 31.5 Å². The Kier molecular flexibility index (Phi) is 7.04. The average Bonchev–Trinajstić information content (AvgIpc) is 3.05. The van der Waals surface area contributed by atoms with E-state index in [4.69, 9.17) is 4.74 Å². The maximum absolute atomic E-state index is 15.1. The van der Waals surface area contributed by atoms with E-state index in [0.29, 0.717) is 29.1 Å². The van der Waals surface area contributed by atoms with Gasteiger partial charge in [-0.25, -0.2) is 13.6 Å². The van der Waals surface area contributed by atoms with Gasteiger partial charge in [-0.15, -0.1) is 5.10 Å². The molecule has 188 valence electrons. The van der Waals surface area contributed by atoms with Crippen molar-refractivity contribution in [2.75, 3.05) is 5.32 Å². The van der Waals surface area contributed by atoms with Crippen LogP contribution in [0.4, 0.5) is 27.6 Å². The van der Waals surface area contributed by atoms with Gasteiger partial charge in [0.15, 0.2) is 6.10 Å². The van der Waals surface area contributed by atoms with Crippen LogP contribution in [0.25, 0.3) is 5.69 Å². The molecule has 1 heterocycles. The van der Waals surface area contributed by atoms with Crippen LogP contribution in [-0.4, -0.2) is 32.5 Å². The van der Waals surface area contributed by atoms with E-state index in [0.717, 1.165) is 12.1 Å². The van der Waals surface area contributed by atoms with Gasteiger partial charge in [-0.3, -0.25) is 9.36 Å². The van der Waals surface area contributed by atoms with Crippen LogP contribution in [0.5, 0.6) is 5.75 Å².